The van der Waals surface area contributed by atoms with Crippen LogP contribution in [-0.2, 0) is 9.59 Å². The lowest BCUT2D eigenvalue weighted by Crippen LogP contribution is -2.12. The van der Waals surface area contributed by atoms with Gasteiger partial charge in [-0.15, -0.1) is 0 Å². The molecule has 0 atom stereocenters. The minimum absolute atomic E-state index is 0.0494. The molecule has 3 nitrogen and oxygen atoms in total. The molecule has 0 unspecified atom stereocenters. The van der Waals surface area contributed by atoms with Gasteiger partial charge in [-0.1, -0.05) is 0 Å². The van der Waals surface area contributed by atoms with Crippen LogP contribution in [0, 0.1) is 0 Å². The Bertz CT molecular complexity index is 90.4. The van der Waals surface area contributed by atoms with Crippen LogP contribution >= 0.6 is 0 Å². The van der Waals surface area contributed by atoms with Crippen molar-refractivity contribution in [1.82, 2.24) is 0 Å². The van der Waals surface area contributed by atoms with E-state index in [4.69, 9.17) is 5.73 Å². The summed E-state index contributed by atoms with van der Waals surface area (Å²) in [6.07, 6.45) is 1.31. The van der Waals surface area contributed by atoms with E-state index in [9.17, 15) is 9.59 Å². The van der Waals surface area contributed by atoms with Gasteiger partial charge < -0.3 is 10.5 Å². The first-order chi connectivity index (χ1) is 3.81. The lowest BCUT2D eigenvalue weighted by molar-refractivity contribution is -0.119. The number of carbonyl (C=O) groups excluding carboxylic acids is 2. The minimum Gasteiger partial charge on any atom is -0.324 e. The van der Waals surface area contributed by atoms with Gasteiger partial charge in [-0.2, -0.15) is 0 Å². The molecule has 0 bridgehead atoms. The summed E-state index contributed by atoms with van der Waals surface area (Å²) in [5, 5.41) is 0. The lowest BCUT2D eigenvalue weighted by atomic mass is 10.2. The summed E-state index contributed by atoms with van der Waals surface area (Å²) in [6, 6.07) is 0. The number of Topliss-reactive ketones (excluding diaryl/α,β-unsaturated/α-hetero) is 1. The highest BCUT2D eigenvalue weighted by molar-refractivity contribution is 5.81. The van der Waals surface area contributed by atoms with Crippen LogP contribution < -0.4 is 5.73 Å². The van der Waals surface area contributed by atoms with E-state index in [0.717, 1.165) is 0 Å². The fourth-order valence-electron chi connectivity index (χ4n) is 0.322. The molecule has 2 N–H and O–H groups in total. The van der Waals surface area contributed by atoms with Crippen LogP contribution in [0.1, 0.15) is 12.8 Å². The van der Waals surface area contributed by atoms with Crippen LogP contribution in [0.5, 0.6) is 0 Å². The molecule has 46 valence electrons. The molecule has 0 aromatic carbocycles. The van der Waals surface area contributed by atoms with Gasteiger partial charge in [0.25, 0.3) is 0 Å². The second-order valence-electron chi connectivity index (χ2n) is 1.45. The summed E-state index contributed by atoms with van der Waals surface area (Å²) in [5.74, 6) is -0.0582. The highest BCUT2D eigenvalue weighted by Gasteiger charge is 1.94. The molecule has 0 aromatic heterocycles. The van der Waals surface area contributed by atoms with Gasteiger partial charge in [0.15, 0.2) is 0 Å². The van der Waals surface area contributed by atoms with Crippen molar-refractivity contribution in [1.29, 1.82) is 0 Å². The Morgan fingerprint density at radius 1 is 1.62 bits per heavy atom. The highest BCUT2D eigenvalue weighted by atomic mass is 16.1. The van der Waals surface area contributed by atoms with E-state index in [-0.39, 0.29) is 12.3 Å². The first kappa shape index (κ1) is 7.30. The third-order valence-electron chi connectivity index (χ3n) is 0.769. The van der Waals surface area contributed by atoms with Crippen molar-refractivity contribution >= 4 is 12.1 Å². The summed E-state index contributed by atoms with van der Waals surface area (Å²) in [5.41, 5.74) is 4.95. The normalized spacial score (nSPS) is 8.62. The van der Waals surface area contributed by atoms with Gasteiger partial charge in [-0.05, 0) is 0 Å². The molecule has 0 aliphatic heterocycles. The van der Waals surface area contributed by atoms with Crippen LogP contribution in [0.2, 0.25) is 0 Å². The minimum atomic E-state index is -0.0582. The third-order valence-corrected chi connectivity index (χ3v) is 0.769. The van der Waals surface area contributed by atoms with Gasteiger partial charge in [0.2, 0.25) is 0 Å². The number of aldehydes is 1. The Hall–Kier alpha value is -0.700. The molecule has 0 aliphatic rings. The molecule has 0 fully saturated rings. The number of nitrogens with two attached hydrogens (primary N) is 1. The first-order valence-electron chi connectivity index (χ1n) is 2.46. The zero-order valence-corrected chi connectivity index (χ0v) is 4.59. The van der Waals surface area contributed by atoms with E-state index in [1.54, 1.807) is 0 Å². The molecule has 8 heavy (non-hydrogen) atoms. The van der Waals surface area contributed by atoms with Crippen molar-refractivity contribution in [3.8, 4) is 0 Å². The molecule has 0 rings (SSSR count). The van der Waals surface area contributed by atoms with E-state index in [1.165, 1.54) is 0 Å². The van der Waals surface area contributed by atoms with Gasteiger partial charge >= 0.3 is 0 Å². The molecule has 0 saturated heterocycles. The Balaban J connectivity index is 3.11. The van der Waals surface area contributed by atoms with Crippen LogP contribution in [0.25, 0.3) is 0 Å². The zero-order valence-electron chi connectivity index (χ0n) is 4.59. The van der Waals surface area contributed by atoms with Crippen molar-refractivity contribution in [2.45, 2.75) is 12.8 Å². The standard InChI is InChI=1S/C5H9NO2/c6-4-5(8)2-1-3-7/h3H,1-2,4,6H2. The Kier molecular flexibility index (Phi) is 4.07. The van der Waals surface area contributed by atoms with Crippen molar-refractivity contribution < 1.29 is 9.59 Å². The number of ketones is 1. The van der Waals surface area contributed by atoms with Gasteiger partial charge in [0.05, 0.1) is 6.54 Å². The predicted octanol–water partition coefficient (Wildman–Crippen LogP) is -0.507. The number of carbonyl (C=O) groups is 2. The molecule has 0 aliphatic carbocycles. The topological polar surface area (TPSA) is 60.2 Å². The summed E-state index contributed by atoms with van der Waals surface area (Å²) in [6.45, 7) is 0.0494. The summed E-state index contributed by atoms with van der Waals surface area (Å²) in [4.78, 5) is 19.9. The molecule has 0 radical (unpaired) electrons. The third kappa shape index (κ3) is 3.49. The van der Waals surface area contributed by atoms with Crippen LogP contribution in [0.15, 0.2) is 0 Å². The summed E-state index contributed by atoms with van der Waals surface area (Å²) in [7, 11) is 0. The Morgan fingerprint density at radius 2 is 2.25 bits per heavy atom. The molecule has 0 aromatic rings. The lowest BCUT2D eigenvalue weighted by Gasteiger charge is -1.87. The van der Waals surface area contributed by atoms with E-state index < -0.39 is 0 Å². The second kappa shape index (κ2) is 4.46. The maximum absolute atomic E-state index is 10.3. The van der Waals surface area contributed by atoms with Gasteiger partial charge in [0.1, 0.15) is 12.1 Å². The van der Waals surface area contributed by atoms with Gasteiger partial charge in [-0.3, -0.25) is 4.79 Å². The van der Waals surface area contributed by atoms with Crippen molar-refractivity contribution in [2.24, 2.45) is 5.73 Å². The van der Waals surface area contributed by atoms with Crippen LogP contribution in [0.3, 0.4) is 0 Å². The van der Waals surface area contributed by atoms with Gasteiger partial charge in [-0.25, -0.2) is 0 Å². The Labute approximate surface area is 47.9 Å². The molecule has 0 amide bonds. The fraction of sp³-hybridized carbons (Fsp3) is 0.600. The maximum Gasteiger partial charge on any atom is 0.146 e. The number of rotatable bonds is 4. The fourth-order valence-corrected chi connectivity index (χ4v) is 0.322. The zero-order chi connectivity index (χ0) is 6.41. The molecule has 3 heteroatoms. The quantitative estimate of drug-likeness (QED) is 0.502. The highest BCUT2D eigenvalue weighted by Crippen LogP contribution is 1.83. The van der Waals surface area contributed by atoms with Crippen molar-refractivity contribution in [2.75, 3.05) is 6.54 Å². The largest absolute Gasteiger partial charge is 0.324 e. The molecule has 0 heterocycles. The average Bonchev–Trinajstić information content (AvgIpc) is 1.83. The monoisotopic (exact) mass is 115 g/mol. The van der Waals surface area contributed by atoms with E-state index in [2.05, 4.69) is 0 Å². The van der Waals surface area contributed by atoms with E-state index in [0.29, 0.717) is 19.1 Å². The average molecular weight is 115 g/mol. The SMILES string of the molecule is NCC(=O)CCC=O. The molecular weight excluding hydrogens is 106 g/mol. The first-order valence-corrected chi connectivity index (χ1v) is 2.46. The molecular formula is C5H9NO2. The van der Waals surface area contributed by atoms with E-state index >= 15 is 0 Å². The predicted molar refractivity (Wildman–Crippen MR) is 29.4 cm³/mol. The van der Waals surface area contributed by atoms with Crippen LogP contribution in [0.4, 0.5) is 0 Å². The molecule has 0 spiro atoms. The van der Waals surface area contributed by atoms with Crippen molar-refractivity contribution in [3.63, 3.8) is 0 Å². The Morgan fingerprint density at radius 3 is 2.62 bits per heavy atom. The van der Waals surface area contributed by atoms with Gasteiger partial charge in [0, 0.05) is 12.8 Å². The smallest absolute Gasteiger partial charge is 0.146 e. The maximum atomic E-state index is 10.3. The summed E-state index contributed by atoms with van der Waals surface area (Å²) < 4.78 is 0. The van der Waals surface area contributed by atoms with Crippen LogP contribution in [-0.4, -0.2) is 18.6 Å². The number of hydrogen-bond donors (Lipinski definition) is 1. The number of hydrogen-bond acceptors (Lipinski definition) is 3. The second-order valence-corrected chi connectivity index (χ2v) is 1.45. The van der Waals surface area contributed by atoms with E-state index in [1.807, 2.05) is 0 Å². The molecule has 0 saturated carbocycles. The summed E-state index contributed by atoms with van der Waals surface area (Å²) >= 11 is 0. The van der Waals surface area contributed by atoms with Crippen molar-refractivity contribution in [3.05, 3.63) is 0 Å².